The van der Waals surface area contributed by atoms with E-state index in [2.05, 4.69) is 39.6 Å². The molecule has 0 amide bonds. The number of aliphatic imine (C=N–C) groups is 1. The van der Waals surface area contributed by atoms with E-state index < -0.39 is 0 Å². The summed E-state index contributed by atoms with van der Waals surface area (Å²) in [6.07, 6.45) is 3.85. The van der Waals surface area contributed by atoms with Crippen molar-refractivity contribution < 1.29 is 4.74 Å². The minimum Gasteiger partial charge on any atom is -0.497 e. The van der Waals surface area contributed by atoms with E-state index in [-0.39, 0.29) is 0 Å². The van der Waals surface area contributed by atoms with Crippen LogP contribution in [0.25, 0.3) is 0 Å². The Balaban J connectivity index is 1.48. The molecule has 0 aliphatic carbocycles. The molecule has 1 aromatic carbocycles. The Hall–Kier alpha value is -2.47. The molecule has 0 saturated carbocycles. The van der Waals surface area contributed by atoms with Gasteiger partial charge in [0.1, 0.15) is 10.9 Å². The zero-order valence-corrected chi connectivity index (χ0v) is 18.0. The van der Waals surface area contributed by atoms with Gasteiger partial charge in [-0.2, -0.15) is 0 Å². The predicted octanol–water partition coefficient (Wildman–Crippen LogP) is 3.37. The Kier molecular flexibility index (Phi) is 7.99. The number of methoxy groups -OCH3 is 1. The van der Waals surface area contributed by atoms with E-state index in [0.29, 0.717) is 11.1 Å². The zero-order chi connectivity index (χ0) is 20.5. The number of nitrogens with one attached hydrogen (secondary N) is 2. The molecule has 1 atom stereocenters. The SMILES string of the molecule is CCNC(=NCC1CCN(c2cccc(OC)c2)C1)NCCc1ccc(Cl)nc1. The van der Waals surface area contributed by atoms with Gasteiger partial charge in [0.05, 0.1) is 7.11 Å². The summed E-state index contributed by atoms with van der Waals surface area (Å²) in [7, 11) is 1.71. The molecule has 29 heavy (non-hydrogen) atoms. The number of hydrogen-bond acceptors (Lipinski definition) is 4. The van der Waals surface area contributed by atoms with Gasteiger partial charge in [0.25, 0.3) is 0 Å². The summed E-state index contributed by atoms with van der Waals surface area (Å²) >= 11 is 5.84. The number of rotatable bonds is 8. The van der Waals surface area contributed by atoms with Crippen LogP contribution in [0, 0.1) is 5.92 Å². The Bertz CT molecular complexity index is 796. The minimum atomic E-state index is 0.524. The molecule has 1 unspecified atom stereocenters. The fraction of sp³-hybridized carbons (Fsp3) is 0.455. The van der Waals surface area contributed by atoms with Crippen molar-refractivity contribution in [3.63, 3.8) is 0 Å². The molecule has 0 bridgehead atoms. The molecule has 3 rings (SSSR count). The zero-order valence-electron chi connectivity index (χ0n) is 17.2. The van der Waals surface area contributed by atoms with Crippen LogP contribution in [0.4, 0.5) is 5.69 Å². The molecule has 156 valence electrons. The standard InChI is InChI=1S/C22H30ClN5O/c1-3-24-22(25-11-9-17-7-8-21(23)26-14-17)27-15-18-10-12-28(16-18)19-5-4-6-20(13-19)29-2/h4-8,13-14,18H,3,9-12,15-16H2,1-2H3,(H2,24,25,27). The molecular formula is C22H30ClN5O. The second kappa shape index (κ2) is 10.9. The lowest BCUT2D eigenvalue weighted by Crippen LogP contribution is -2.38. The lowest BCUT2D eigenvalue weighted by molar-refractivity contribution is 0.415. The van der Waals surface area contributed by atoms with Crippen molar-refractivity contribution in [2.45, 2.75) is 19.8 Å². The summed E-state index contributed by atoms with van der Waals surface area (Å²) in [6.45, 7) is 6.62. The maximum Gasteiger partial charge on any atom is 0.191 e. The summed E-state index contributed by atoms with van der Waals surface area (Å²) in [5.41, 5.74) is 2.37. The van der Waals surface area contributed by atoms with Crippen molar-refractivity contribution in [3.8, 4) is 5.75 Å². The maximum atomic E-state index is 5.84. The topological polar surface area (TPSA) is 61.8 Å². The average Bonchev–Trinajstić information content (AvgIpc) is 3.22. The third-order valence-electron chi connectivity index (χ3n) is 5.05. The van der Waals surface area contributed by atoms with Gasteiger partial charge in [0, 0.05) is 50.7 Å². The molecule has 0 spiro atoms. The molecule has 7 heteroatoms. The molecule has 2 heterocycles. The van der Waals surface area contributed by atoms with Crippen LogP contribution in [0.5, 0.6) is 5.75 Å². The third-order valence-corrected chi connectivity index (χ3v) is 5.27. The van der Waals surface area contributed by atoms with Gasteiger partial charge in [-0.05, 0) is 49.4 Å². The fourth-order valence-corrected chi connectivity index (χ4v) is 3.58. The first-order chi connectivity index (χ1) is 14.2. The second-order valence-corrected chi connectivity index (χ2v) is 7.58. The van der Waals surface area contributed by atoms with Gasteiger partial charge < -0.3 is 20.3 Å². The number of aromatic nitrogens is 1. The molecule has 1 aromatic heterocycles. The van der Waals surface area contributed by atoms with Crippen molar-refractivity contribution in [3.05, 3.63) is 53.3 Å². The number of guanidine groups is 1. The minimum absolute atomic E-state index is 0.524. The van der Waals surface area contributed by atoms with E-state index in [1.807, 2.05) is 30.5 Å². The van der Waals surface area contributed by atoms with E-state index >= 15 is 0 Å². The molecule has 1 aliphatic heterocycles. The third kappa shape index (κ3) is 6.53. The highest BCUT2D eigenvalue weighted by Crippen LogP contribution is 2.26. The first-order valence-corrected chi connectivity index (χ1v) is 10.6. The van der Waals surface area contributed by atoms with E-state index in [1.165, 1.54) is 5.69 Å². The van der Waals surface area contributed by atoms with Gasteiger partial charge in [-0.1, -0.05) is 23.7 Å². The van der Waals surface area contributed by atoms with E-state index in [0.717, 1.165) is 62.8 Å². The molecule has 1 fully saturated rings. The van der Waals surface area contributed by atoms with Crippen LogP contribution in [-0.4, -0.2) is 50.8 Å². The quantitative estimate of drug-likeness (QED) is 0.393. The Morgan fingerprint density at radius 3 is 2.97 bits per heavy atom. The van der Waals surface area contributed by atoms with E-state index in [1.54, 1.807) is 7.11 Å². The monoisotopic (exact) mass is 415 g/mol. The number of benzene rings is 1. The largest absolute Gasteiger partial charge is 0.497 e. The van der Waals surface area contributed by atoms with Gasteiger partial charge in [-0.25, -0.2) is 4.98 Å². The lowest BCUT2D eigenvalue weighted by Gasteiger charge is -2.19. The van der Waals surface area contributed by atoms with Crippen LogP contribution >= 0.6 is 11.6 Å². The Morgan fingerprint density at radius 1 is 1.31 bits per heavy atom. The Morgan fingerprint density at radius 2 is 2.21 bits per heavy atom. The summed E-state index contributed by atoms with van der Waals surface area (Å²) < 4.78 is 5.35. The summed E-state index contributed by atoms with van der Waals surface area (Å²) in [5, 5.41) is 7.27. The average molecular weight is 416 g/mol. The van der Waals surface area contributed by atoms with Crippen molar-refractivity contribution in [2.75, 3.05) is 44.7 Å². The maximum absolute atomic E-state index is 5.84. The Labute approximate surface area is 178 Å². The molecule has 0 radical (unpaired) electrons. The molecule has 6 nitrogen and oxygen atoms in total. The van der Waals surface area contributed by atoms with Crippen LogP contribution in [0.15, 0.2) is 47.6 Å². The number of nitrogens with zero attached hydrogens (tertiary/aromatic N) is 3. The normalized spacial score (nSPS) is 16.7. The molecule has 2 aromatic rings. The van der Waals surface area contributed by atoms with E-state index in [4.69, 9.17) is 21.3 Å². The predicted molar refractivity (Wildman–Crippen MR) is 120 cm³/mol. The summed E-state index contributed by atoms with van der Waals surface area (Å²) in [6, 6.07) is 12.1. The van der Waals surface area contributed by atoms with Gasteiger partial charge in [0.15, 0.2) is 5.96 Å². The highest BCUT2D eigenvalue weighted by molar-refractivity contribution is 6.29. The van der Waals surface area contributed by atoms with Crippen molar-refractivity contribution in [1.82, 2.24) is 15.6 Å². The lowest BCUT2D eigenvalue weighted by atomic mass is 10.1. The molecule has 2 N–H and O–H groups in total. The molecule has 1 aliphatic rings. The summed E-state index contributed by atoms with van der Waals surface area (Å²) in [4.78, 5) is 11.3. The smallest absolute Gasteiger partial charge is 0.191 e. The van der Waals surface area contributed by atoms with Crippen LogP contribution in [0.3, 0.4) is 0 Å². The molecular weight excluding hydrogens is 386 g/mol. The number of ether oxygens (including phenoxy) is 1. The van der Waals surface area contributed by atoms with Crippen LogP contribution in [0.2, 0.25) is 5.15 Å². The first-order valence-electron chi connectivity index (χ1n) is 10.2. The highest BCUT2D eigenvalue weighted by atomic mass is 35.5. The number of hydrogen-bond donors (Lipinski definition) is 2. The number of anilines is 1. The van der Waals surface area contributed by atoms with Gasteiger partial charge in [-0.3, -0.25) is 4.99 Å². The van der Waals surface area contributed by atoms with Crippen LogP contribution in [0.1, 0.15) is 18.9 Å². The first kappa shape index (κ1) is 21.2. The molecule has 1 saturated heterocycles. The number of halogens is 1. The fourth-order valence-electron chi connectivity index (χ4n) is 3.47. The van der Waals surface area contributed by atoms with E-state index in [9.17, 15) is 0 Å². The van der Waals surface area contributed by atoms with Crippen molar-refractivity contribution in [2.24, 2.45) is 10.9 Å². The second-order valence-electron chi connectivity index (χ2n) is 7.19. The van der Waals surface area contributed by atoms with Gasteiger partial charge in [0.2, 0.25) is 0 Å². The van der Waals surface area contributed by atoms with Gasteiger partial charge in [-0.15, -0.1) is 0 Å². The van der Waals surface area contributed by atoms with Gasteiger partial charge >= 0.3 is 0 Å². The van der Waals surface area contributed by atoms with Crippen molar-refractivity contribution in [1.29, 1.82) is 0 Å². The van der Waals surface area contributed by atoms with Crippen molar-refractivity contribution >= 4 is 23.2 Å². The van der Waals surface area contributed by atoms with Crippen LogP contribution in [-0.2, 0) is 6.42 Å². The van der Waals surface area contributed by atoms with Crippen LogP contribution < -0.4 is 20.3 Å². The highest BCUT2D eigenvalue weighted by Gasteiger charge is 2.22. The summed E-state index contributed by atoms with van der Waals surface area (Å²) in [5.74, 6) is 2.32. The number of pyridine rings is 1.